The summed E-state index contributed by atoms with van der Waals surface area (Å²) in [4.78, 5) is 28.1. The van der Waals surface area contributed by atoms with Gasteiger partial charge in [0.15, 0.2) is 16.7 Å². The molecule has 4 heterocycles. The molecule has 2 N–H and O–H groups in total. The monoisotopic (exact) mass is 561 g/mol. The summed E-state index contributed by atoms with van der Waals surface area (Å²) in [5, 5.41) is 8.98. The van der Waals surface area contributed by atoms with E-state index in [2.05, 4.69) is 25.7 Å². The zero-order valence-corrected chi connectivity index (χ0v) is 22.5. The van der Waals surface area contributed by atoms with Crippen molar-refractivity contribution in [3.8, 4) is 11.4 Å². The predicted molar refractivity (Wildman–Crippen MR) is 147 cm³/mol. The van der Waals surface area contributed by atoms with E-state index in [0.717, 1.165) is 0 Å². The minimum absolute atomic E-state index is 0.0354. The second kappa shape index (κ2) is 10.3. The van der Waals surface area contributed by atoms with E-state index in [-0.39, 0.29) is 11.1 Å². The van der Waals surface area contributed by atoms with Gasteiger partial charge in [-0.25, -0.2) is 28.2 Å². The number of carbonyl (C=O) groups excluding carboxylic acids is 1. The molecule has 2 aliphatic rings. The first-order valence-corrected chi connectivity index (χ1v) is 14.3. The number of urea groups is 1. The number of sulfone groups is 1. The van der Waals surface area contributed by atoms with Crippen LogP contribution in [0.15, 0.2) is 76.6 Å². The van der Waals surface area contributed by atoms with Gasteiger partial charge in [0.2, 0.25) is 9.84 Å². The number of hydrogen-bond acceptors (Lipinski definition) is 10. The number of nitrogens with one attached hydrogen (secondary N) is 2. The molecule has 206 valence electrons. The Kier molecular flexibility index (Phi) is 6.68. The van der Waals surface area contributed by atoms with Gasteiger partial charge < -0.3 is 19.5 Å². The molecule has 1 atom stereocenters. The maximum atomic E-state index is 13.8. The van der Waals surface area contributed by atoms with E-state index in [0.29, 0.717) is 67.0 Å². The van der Waals surface area contributed by atoms with E-state index in [1.165, 1.54) is 24.6 Å². The number of amides is 2. The van der Waals surface area contributed by atoms with Crippen LogP contribution < -0.4 is 15.5 Å². The highest BCUT2D eigenvalue weighted by molar-refractivity contribution is 7.92. The third-order valence-corrected chi connectivity index (χ3v) is 9.49. The molecule has 1 saturated heterocycles. The fraction of sp³-hybridized carbons (Fsp3) is 0.296. The molecule has 0 spiro atoms. The number of ether oxygens (including phenoxy) is 1. The second-order valence-corrected chi connectivity index (χ2v) is 12.0. The molecule has 12 nitrogen and oxygen atoms in total. The standard InChI is InChI=1S/C27H27N7O5S/c1-18-17-38-15-13-34(18)23-16-21(27(10-11-27)40(36,37)24-4-2-3-12-28-24)30-25(32-23)19-5-7-20(8-6-19)29-26(35)31-22-9-14-39-33-22/h2-9,12,14,16,18H,10-11,13,15,17H2,1H3,(H2,29,31,33,35)/t18-/m0/s1. The van der Waals surface area contributed by atoms with Crippen LogP contribution in [0.5, 0.6) is 0 Å². The number of pyridine rings is 1. The maximum Gasteiger partial charge on any atom is 0.324 e. The minimum atomic E-state index is -3.79. The van der Waals surface area contributed by atoms with Crippen LogP contribution in [-0.2, 0) is 19.3 Å². The van der Waals surface area contributed by atoms with Crippen molar-refractivity contribution >= 4 is 33.2 Å². The number of morpholine rings is 1. The van der Waals surface area contributed by atoms with Gasteiger partial charge in [-0.05, 0) is 56.2 Å². The molecule has 6 rings (SSSR count). The van der Waals surface area contributed by atoms with E-state index in [4.69, 9.17) is 19.2 Å². The van der Waals surface area contributed by atoms with Crippen LogP contribution in [-0.4, -0.2) is 60.4 Å². The molecule has 2 amide bonds. The van der Waals surface area contributed by atoms with E-state index in [1.54, 1.807) is 42.5 Å². The lowest BCUT2D eigenvalue weighted by atomic mass is 10.1. The van der Waals surface area contributed by atoms with Crippen molar-refractivity contribution in [1.29, 1.82) is 0 Å². The number of benzene rings is 1. The zero-order valence-electron chi connectivity index (χ0n) is 21.6. The summed E-state index contributed by atoms with van der Waals surface area (Å²) in [6.07, 6.45) is 3.74. The summed E-state index contributed by atoms with van der Waals surface area (Å²) in [6, 6.07) is 14.8. The summed E-state index contributed by atoms with van der Waals surface area (Å²) in [5.74, 6) is 1.33. The quantitative estimate of drug-likeness (QED) is 0.340. The molecular formula is C27H27N7O5S. The molecule has 1 saturated carbocycles. The van der Waals surface area contributed by atoms with Crippen molar-refractivity contribution in [3.05, 3.63) is 72.8 Å². The normalized spacial score (nSPS) is 18.2. The highest BCUT2D eigenvalue weighted by Crippen LogP contribution is 2.54. The number of carbonyl (C=O) groups is 1. The SMILES string of the molecule is C[C@H]1COCCN1c1cc(C2(S(=O)(=O)c3ccccn3)CC2)nc(-c2ccc(NC(=O)Nc3ccon3)cc2)n1. The molecule has 40 heavy (non-hydrogen) atoms. The summed E-state index contributed by atoms with van der Waals surface area (Å²) < 4.78 is 36.7. The molecule has 1 aliphatic heterocycles. The van der Waals surface area contributed by atoms with Crippen molar-refractivity contribution in [2.24, 2.45) is 0 Å². The van der Waals surface area contributed by atoms with Crippen molar-refractivity contribution in [3.63, 3.8) is 0 Å². The first kappa shape index (κ1) is 25.9. The van der Waals surface area contributed by atoms with Gasteiger partial charge in [0.05, 0.1) is 24.9 Å². The Labute approximate surface area is 230 Å². The Morgan fingerprint density at radius 2 is 1.90 bits per heavy atom. The van der Waals surface area contributed by atoms with Gasteiger partial charge >= 0.3 is 6.03 Å². The summed E-state index contributed by atoms with van der Waals surface area (Å²) in [7, 11) is -3.79. The van der Waals surface area contributed by atoms with E-state index >= 15 is 0 Å². The average molecular weight is 562 g/mol. The number of anilines is 3. The number of nitrogens with zero attached hydrogens (tertiary/aromatic N) is 5. The lowest BCUT2D eigenvalue weighted by molar-refractivity contribution is 0.0985. The number of aromatic nitrogens is 4. The smallest absolute Gasteiger partial charge is 0.324 e. The molecule has 1 aliphatic carbocycles. The Morgan fingerprint density at radius 1 is 1.07 bits per heavy atom. The van der Waals surface area contributed by atoms with Crippen molar-refractivity contribution in [2.45, 2.75) is 35.6 Å². The first-order chi connectivity index (χ1) is 19.4. The van der Waals surface area contributed by atoms with E-state index < -0.39 is 20.6 Å². The second-order valence-electron chi connectivity index (χ2n) is 9.76. The Morgan fingerprint density at radius 3 is 2.58 bits per heavy atom. The highest BCUT2D eigenvalue weighted by Gasteiger charge is 2.58. The molecule has 0 bridgehead atoms. The largest absolute Gasteiger partial charge is 0.377 e. The fourth-order valence-electron chi connectivity index (χ4n) is 4.75. The molecular weight excluding hydrogens is 534 g/mol. The number of hydrogen-bond donors (Lipinski definition) is 2. The van der Waals surface area contributed by atoms with Crippen LogP contribution in [0.4, 0.5) is 22.1 Å². The van der Waals surface area contributed by atoms with Gasteiger partial charge in [-0.1, -0.05) is 11.2 Å². The van der Waals surface area contributed by atoms with Crippen LogP contribution in [0.1, 0.15) is 25.5 Å². The fourth-order valence-corrected chi connectivity index (χ4v) is 6.63. The maximum absolute atomic E-state index is 13.8. The van der Waals surface area contributed by atoms with Crippen LogP contribution in [0.3, 0.4) is 0 Å². The van der Waals surface area contributed by atoms with Gasteiger partial charge in [-0.3, -0.25) is 5.32 Å². The molecule has 3 aromatic heterocycles. The van der Waals surface area contributed by atoms with Crippen LogP contribution in [0.2, 0.25) is 0 Å². The Hall–Kier alpha value is -4.36. The molecule has 0 radical (unpaired) electrons. The Balaban J connectivity index is 1.35. The van der Waals surface area contributed by atoms with Crippen molar-refractivity contribution in [1.82, 2.24) is 20.1 Å². The van der Waals surface area contributed by atoms with E-state index in [9.17, 15) is 13.2 Å². The zero-order chi connectivity index (χ0) is 27.7. The third kappa shape index (κ3) is 4.89. The molecule has 0 unspecified atom stereocenters. The van der Waals surface area contributed by atoms with Gasteiger partial charge in [-0.2, -0.15) is 0 Å². The average Bonchev–Trinajstić information content (AvgIpc) is 3.65. The summed E-state index contributed by atoms with van der Waals surface area (Å²) in [6.45, 7) is 3.76. The minimum Gasteiger partial charge on any atom is -0.377 e. The van der Waals surface area contributed by atoms with Gasteiger partial charge in [0.1, 0.15) is 16.8 Å². The number of rotatable bonds is 7. The first-order valence-electron chi connectivity index (χ1n) is 12.8. The topological polar surface area (TPSA) is 152 Å². The third-order valence-electron chi connectivity index (χ3n) is 7.05. The van der Waals surface area contributed by atoms with Gasteiger partial charge in [0.25, 0.3) is 0 Å². The van der Waals surface area contributed by atoms with Crippen LogP contribution in [0, 0.1) is 0 Å². The summed E-state index contributed by atoms with van der Waals surface area (Å²) >= 11 is 0. The van der Waals surface area contributed by atoms with E-state index in [1.807, 2.05) is 6.92 Å². The molecule has 1 aromatic carbocycles. The lowest BCUT2D eigenvalue weighted by Crippen LogP contribution is -2.44. The summed E-state index contributed by atoms with van der Waals surface area (Å²) in [5.41, 5.74) is 1.67. The van der Waals surface area contributed by atoms with Gasteiger partial charge in [-0.15, -0.1) is 0 Å². The Bertz CT molecular complexity index is 1610. The highest BCUT2D eigenvalue weighted by atomic mass is 32.2. The van der Waals surface area contributed by atoms with Crippen LogP contribution >= 0.6 is 0 Å². The van der Waals surface area contributed by atoms with Gasteiger partial charge in [0, 0.05) is 36.1 Å². The van der Waals surface area contributed by atoms with Crippen molar-refractivity contribution < 1.29 is 22.5 Å². The lowest BCUT2D eigenvalue weighted by Gasteiger charge is -2.34. The predicted octanol–water partition coefficient (Wildman–Crippen LogP) is 3.86. The molecule has 13 heteroatoms. The van der Waals surface area contributed by atoms with Crippen LogP contribution in [0.25, 0.3) is 11.4 Å². The molecule has 2 fully saturated rings. The van der Waals surface area contributed by atoms with Crippen molar-refractivity contribution in [2.75, 3.05) is 35.3 Å². The molecule has 4 aromatic rings.